The molecule has 0 aliphatic carbocycles. The quantitative estimate of drug-likeness (QED) is 0.283. The van der Waals surface area contributed by atoms with Gasteiger partial charge < -0.3 is 9.52 Å². The second-order valence-electron chi connectivity index (χ2n) is 5.16. The van der Waals surface area contributed by atoms with Crippen LogP contribution in [0.4, 0.5) is 0 Å². The van der Waals surface area contributed by atoms with E-state index in [1.807, 2.05) is 13.0 Å². The van der Waals surface area contributed by atoms with Crippen molar-refractivity contribution in [3.8, 4) is 0 Å². The maximum atomic E-state index is 11.4. The van der Waals surface area contributed by atoms with Crippen molar-refractivity contribution in [2.24, 2.45) is 5.92 Å². The average molecular weight is 297 g/mol. The number of carboxylic acid groups (broad SMARTS) is 1. The first-order valence-corrected chi connectivity index (χ1v) is 7.26. The molecule has 6 nitrogen and oxygen atoms in total. The molecular weight excluding hydrogens is 274 g/mol. The fraction of sp³-hybridized carbons (Fsp3) is 0.600. The van der Waals surface area contributed by atoms with Crippen LogP contribution in [-0.2, 0) is 16.0 Å². The van der Waals surface area contributed by atoms with Gasteiger partial charge in [0.05, 0.1) is 24.5 Å². The number of amides is 1. The Kier molecular flexibility index (Phi) is 7.53. The molecule has 0 saturated heterocycles. The van der Waals surface area contributed by atoms with E-state index >= 15 is 0 Å². The molecule has 1 rings (SSSR count). The van der Waals surface area contributed by atoms with Gasteiger partial charge in [-0.2, -0.15) is 0 Å². The Labute approximate surface area is 124 Å². The van der Waals surface area contributed by atoms with Crippen LogP contribution in [-0.4, -0.2) is 33.8 Å². The van der Waals surface area contributed by atoms with Crippen LogP contribution < -0.4 is 0 Å². The molecule has 1 aromatic rings. The van der Waals surface area contributed by atoms with Gasteiger partial charge in [0.15, 0.2) is 0 Å². The molecule has 118 valence electrons. The van der Waals surface area contributed by atoms with E-state index in [1.54, 1.807) is 12.5 Å². The van der Waals surface area contributed by atoms with Crippen molar-refractivity contribution in [1.29, 1.82) is 0 Å². The van der Waals surface area contributed by atoms with Crippen LogP contribution >= 0.6 is 0 Å². The van der Waals surface area contributed by atoms with Crippen molar-refractivity contribution >= 4 is 12.4 Å². The van der Waals surface area contributed by atoms with Gasteiger partial charge in [-0.1, -0.05) is 19.8 Å². The number of aryl methyl sites for hydroxylation is 1. The molecular formula is C15H23NO5. The van der Waals surface area contributed by atoms with Crippen molar-refractivity contribution in [2.75, 3.05) is 0 Å². The van der Waals surface area contributed by atoms with Crippen LogP contribution in [0.2, 0.25) is 0 Å². The predicted octanol–water partition coefficient (Wildman–Crippen LogP) is 2.71. The van der Waals surface area contributed by atoms with Crippen molar-refractivity contribution in [1.82, 2.24) is 5.06 Å². The third kappa shape index (κ3) is 5.59. The number of unbranched alkanes of at least 4 members (excludes halogenated alkanes) is 1. The summed E-state index contributed by atoms with van der Waals surface area (Å²) in [5, 5.41) is 19.4. The SMILES string of the molecule is CCC[C@@H]([C@@H](CCCCc1ccoc1)C(=O)O)N(O)C=O. The van der Waals surface area contributed by atoms with Crippen molar-refractivity contribution in [2.45, 2.75) is 51.5 Å². The molecule has 1 amide bonds. The van der Waals surface area contributed by atoms with E-state index in [-0.39, 0.29) is 6.41 Å². The van der Waals surface area contributed by atoms with E-state index in [9.17, 15) is 19.9 Å². The number of carbonyl (C=O) groups is 2. The number of aliphatic carboxylic acids is 1. The normalized spacial score (nSPS) is 13.6. The van der Waals surface area contributed by atoms with Gasteiger partial charge in [0.2, 0.25) is 6.41 Å². The minimum Gasteiger partial charge on any atom is -0.481 e. The lowest BCUT2D eigenvalue weighted by Crippen LogP contribution is -2.41. The topological polar surface area (TPSA) is 91.0 Å². The summed E-state index contributed by atoms with van der Waals surface area (Å²) in [5.41, 5.74) is 1.09. The van der Waals surface area contributed by atoms with Crippen molar-refractivity contribution < 1.29 is 24.3 Å². The van der Waals surface area contributed by atoms with Gasteiger partial charge >= 0.3 is 5.97 Å². The van der Waals surface area contributed by atoms with Crippen LogP contribution in [0.3, 0.4) is 0 Å². The third-order valence-corrected chi connectivity index (χ3v) is 3.62. The Hall–Kier alpha value is -1.82. The largest absolute Gasteiger partial charge is 0.481 e. The highest BCUT2D eigenvalue weighted by molar-refractivity contribution is 5.71. The number of rotatable bonds is 11. The third-order valence-electron chi connectivity index (χ3n) is 3.62. The first kappa shape index (κ1) is 17.2. The molecule has 0 saturated carbocycles. The Bertz CT molecular complexity index is 418. The lowest BCUT2D eigenvalue weighted by atomic mass is 9.90. The summed E-state index contributed by atoms with van der Waals surface area (Å²) in [6.07, 6.45) is 7.56. The van der Waals surface area contributed by atoms with Gasteiger partial charge in [-0.3, -0.25) is 14.8 Å². The van der Waals surface area contributed by atoms with Gasteiger partial charge in [-0.05, 0) is 37.3 Å². The van der Waals surface area contributed by atoms with Gasteiger partial charge in [0, 0.05) is 0 Å². The predicted molar refractivity (Wildman–Crippen MR) is 75.8 cm³/mol. The summed E-state index contributed by atoms with van der Waals surface area (Å²) in [7, 11) is 0. The van der Waals surface area contributed by atoms with E-state index in [4.69, 9.17) is 4.42 Å². The van der Waals surface area contributed by atoms with Crippen LogP contribution in [0.1, 0.15) is 44.6 Å². The minimum atomic E-state index is -0.974. The molecule has 2 atom stereocenters. The molecule has 21 heavy (non-hydrogen) atoms. The number of hydroxylamine groups is 2. The number of carbonyl (C=O) groups excluding carboxylic acids is 1. The molecule has 0 fully saturated rings. The van der Waals surface area contributed by atoms with E-state index in [0.717, 1.165) is 24.8 Å². The van der Waals surface area contributed by atoms with Crippen LogP contribution in [0.25, 0.3) is 0 Å². The molecule has 1 aromatic heterocycles. The highest BCUT2D eigenvalue weighted by Gasteiger charge is 2.31. The molecule has 0 aliphatic heterocycles. The number of furan rings is 1. The molecule has 1 heterocycles. The maximum absolute atomic E-state index is 11.4. The Morgan fingerprint density at radius 2 is 2.19 bits per heavy atom. The zero-order chi connectivity index (χ0) is 15.7. The highest BCUT2D eigenvalue weighted by Crippen LogP contribution is 2.21. The summed E-state index contributed by atoms with van der Waals surface area (Å²) in [5.74, 6) is -1.72. The Balaban J connectivity index is 2.50. The number of hydrogen-bond donors (Lipinski definition) is 2. The van der Waals surface area contributed by atoms with Crippen LogP contribution in [0.15, 0.2) is 23.0 Å². The standard InChI is InChI=1S/C15H23NO5/c1-2-5-14(16(20)11-17)13(15(18)19)7-4-3-6-12-8-9-21-10-12/h8-11,13-14,20H,2-7H2,1H3,(H,18,19)/t13-,14+/m1/s1. The molecule has 0 aliphatic rings. The monoisotopic (exact) mass is 297 g/mol. The van der Waals surface area contributed by atoms with E-state index in [1.165, 1.54) is 0 Å². The Morgan fingerprint density at radius 1 is 1.43 bits per heavy atom. The first-order valence-electron chi connectivity index (χ1n) is 7.26. The lowest BCUT2D eigenvalue weighted by Gasteiger charge is -2.27. The Morgan fingerprint density at radius 3 is 2.71 bits per heavy atom. The van der Waals surface area contributed by atoms with E-state index in [0.29, 0.717) is 24.3 Å². The number of carboxylic acids is 1. The van der Waals surface area contributed by atoms with Crippen molar-refractivity contribution in [3.05, 3.63) is 24.2 Å². The second-order valence-corrected chi connectivity index (χ2v) is 5.16. The molecule has 0 spiro atoms. The summed E-state index contributed by atoms with van der Waals surface area (Å²) >= 11 is 0. The summed E-state index contributed by atoms with van der Waals surface area (Å²) in [6.45, 7) is 1.89. The van der Waals surface area contributed by atoms with E-state index in [2.05, 4.69) is 0 Å². The van der Waals surface area contributed by atoms with Gasteiger partial charge in [0.1, 0.15) is 0 Å². The van der Waals surface area contributed by atoms with Crippen molar-refractivity contribution in [3.63, 3.8) is 0 Å². The number of nitrogens with zero attached hydrogens (tertiary/aromatic N) is 1. The van der Waals surface area contributed by atoms with Crippen LogP contribution in [0, 0.1) is 5.92 Å². The zero-order valence-corrected chi connectivity index (χ0v) is 12.3. The summed E-state index contributed by atoms with van der Waals surface area (Å²) in [6, 6.07) is 1.22. The highest BCUT2D eigenvalue weighted by atomic mass is 16.5. The molecule has 0 bridgehead atoms. The van der Waals surface area contributed by atoms with Crippen LogP contribution in [0.5, 0.6) is 0 Å². The molecule has 0 unspecified atom stereocenters. The fourth-order valence-corrected chi connectivity index (χ4v) is 2.50. The average Bonchev–Trinajstić information content (AvgIpc) is 2.97. The molecule has 2 N–H and O–H groups in total. The molecule has 6 heteroatoms. The maximum Gasteiger partial charge on any atom is 0.308 e. The van der Waals surface area contributed by atoms with Gasteiger partial charge in [-0.25, -0.2) is 5.06 Å². The number of hydrogen-bond acceptors (Lipinski definition) is 4. The van der Waals surface area contributed by atoms with Gasteiger partial charge in [-0.15, -0.1) is 0 Å². The lowest BCUT2D eigenvalue weighted by molar-refractivity contribution is -0.173. The van der Waals surface area contributed by atoms with E-state index < -0.39 is 17.9 Å². The second kappa shape index (κ2) is 9.18. The molecule has 0 radical (unpaired) electrons. The fourth-order valence-electron chi connectivity index (χ4n) is 2.50. The minimum absolute atomic E-state index is 0.280. The smallest absolute Gasteiger partial charge is 0.308 e. The summed E-state index contributed by atoms with van der Waals surface area (Å²) < 4.78 is 4.97. The molecule has 0 aromatic carbocycles. The summed E-state index contributed by atoms with van der Waals surface area (Å²) in [4.78, 5) is 22.1. The first-order chi connectivity index (χ1) is 10.1. The zero-order valence-electron chi connectivity index (χ0n) is 12.3. The van der Waals surface area contributed by atoms with Gasteiger partial charge in [0.25, 0.3) is 0 Å².